The number of benzene rings is 2. The molecule has 0 spiro atoms. The number of sulfonamides is 1. The Morgan fingerprint density at radius 2 is 1.73 bits per heavy atom. The van der Waals surface area contributed by atoms with Crippen LogP contribution in [0.4, 0.5) is 15.8 Å². The van der Waals surface area contributed by atoms with Crippen LogP contribution in [0.25, 0.3) is 0 Å². The quantitative estimate of drug-likeness (QED) is 0.830. The molecule has 0 bridgehead atoms. The summed E-state index contributed by atoms with van der Waals surface area (Å²) in [7, 11) is -3.72. The van der Waals surface area contributed by atoms with Gasteiger partial charge < -0.3 is 5.32 Å². The van der Waals surface area contributed by atoms with Gasteiger partial charge in [0.15, 0.2) is 0 Å². The second kappa shape index (κ2) is 7.63. The van der Waals surface area contributed by atoms with E-state index in [-0.39, 0.29) is 10.7 Å². The van der Waals surface area contributed by atoms with E-state index in [1.807, 2.05) is 19.9 Å². The Kier molecular flexibility index (Phi) is 5.93. The monoisotopic (exact) mass is 398 g/mol. The van der Waals surface area contributed by atoms with Crippen molar-refractivity contribution in [3.63, 3.8) is 0 Å². The number of aryl methyl sites for hydroxylation is 2. The number of nitrogens with zero attached hydrogens (tertiary/aromatic N) is 1. The maximum atomic E-state index is 13.2. The van der Waals surface area contributed by atoms with Crippen LogP contribution in [0.2, 0.25) is 5.02 Å². The number of nitrogens with one attached hydrogen (secondary N) is 1. The lowest BCUT2D eigenvalue weighted by atomic mass is 10.1. The van der Waals surface area contributed by atoms with Crippen molar-refractivity contribution in [1.82, 2.24) is 0 Å². The van der Waals surface area contributed by atoms with Crippen molar-refractivity contribution in [2.75, 3.05) is 15.9 Å². The van der Waals surface area contributed by atoms with Crippen LogP contribution in [0, 0.1) is 19.7 Å². The summed E-state index contributed by atoms with van der Waals surface area (Å²) < 4.78 is 39.0. The summed E-state index contributed by atoms with van der Waals surface area (Å²) in [5, 5.41) is 2.43. The zero-order chi connectivity index (χ0) is 19.6. The van der Waals surface area contributed by atoms with Crippen molar-refractivity contribution < 1.29 is 17.6 Å². The molecular weight excluding hydrogens is 379 g/mol. The topological polar surface area (TPSA) is 66.5 Å². The van der Waals surface area contributed by atoms with E-state index in [9.17, 15) is 17.6 Å². The van der Waals surface area contributed by atoms with E-state index in [1.165, 1.54) is 19.1 Å². The van der Waals surface area contributed by atoms with Crippen molar-refractivity contribution in [3.05, 3.63) is 58.4 Å². The Balaban J connectivity index is 2.35. The molecular formula is C18H20ClFN2O3S. The molecule has 2 aromatic carbocycles. The van der Waals surface area contributed by atoms with Crippen LogP contribution in [0.1, 0.15) is 18.1 Å². The fourth-order valence-corrected chi connectivity index (χ4v) is 4.05. The number of rotatable bonds is 5. The highest BCUT2D eigenvalue weighted by atomic mass is 35.5. The summed E-state index contributed by atoms with van der Waals surface area (Å²) in [6, 6.07) is 8.04. The van der Waals surface area contributed by atoms with Gasteiger partial charge >= 0.3 is 0 Å². The molecule has 0 heterocycles. The Hall–Kier alpha value is -2.12. The van der Waals surface area contributed by atoms with Gasteiger partial charge in [0, 0.05) is 5.69 Å². The zero-order valence-corrected chi connectivity index (χ0v) is 16.5. The third-order valence-electron chi connectivity index (χ3n) is 3.74. The van der Waals surface area contributed by atoms with E-state index in [1.54, 1.807) is 12.1 Å². The van der Waals surface area contributed by atoms with Crippen molar-refractivity contribution in [2.24, 2.45) is 0 Å². The summed E-state index contributed by atoms with van der Waals surface area (Å²) >= 11 is 5.71. The van der Waals surface area contributed by atoms with Gasteiger partial charge in [-0.05, 0) is 62.2 Å². The number of hydrogen-bond donors (Lipinski definition) is 1. The fourth-order valence-electron chi connectivity index (χ4n) is 2.71. The zero-order valence-electron chi connectivity index (χ0n) is 14.9. The first-order valence-electron chi connectivity index (χ1n) is 7.82. The van der Waals surface area contributed by atoms with E-state index in [0.717, 1.165) is 27.8 Å². The van der Waals surface area contributed by atoms with Crippen molar-refractivity contribution in [1.29, 1.82) is 0 Å². The van der Waals surface area contributed by atoms with E-state index in [2.05, 4.69) is 5.32 Å². The van der Waals surface area contributed by atoms with Gasteiger partial charge in [-0.3, -0.25) is 9.10 Å². The predicted molar refractivity (Wildman–Crippen MR) is 103 cm³/mol. The molecule has 1 amide bonds. The first kappa shape index (κ1) is 20.2. The molecule has 0 aliphatic carbocycles. The average Bonchev–Trinajstić information content (AvgIpc) is 2.48. The number of carbonyl (C=O) groups is 1. The third kappa shape index (κ3) is 4.74. The molecule has 0 radical (unpaired) electrons. The lowest BCUT2D eigenvalue weighted by molar-refractivity contribution is -0.116. The summed E-state index contributed by atoms with van der Waals surface area (Å²) in [4.78, 5) is 12.6. The van der Waals surface area contributed by atoms with Crippen molar-refractivity contribution >= 4 is 38.9 Å². The Labute approximate surface area is 157 Å². The van der Waals surface area contributed by atoms with Crippen molar-refractivity contribution in [2.45, 2.75) is 26.8 Å². The lowest BCUT2D eigenvalue weighted by Crippen LogP contribution is -2.45. The molecule has 0 saturated heterocycles. The highest BCUT2D eigenvalue weighted by molar-refractivity contribution is 7.92. The average molecular weight is 399 g/mol. The fraction of sp³-hybridized carbons (Fsp3) is 0.278. The van der Waals surface area contributed by atoms with Gasteiger partial charge in [-0.15, -0.1) is 0 Å². The van der Waals surface area contributed by atoms with Crippen LogP contribution >= 0.6 is 11.6 Å². The SMILES string of the molecule is Cc1cc(C)cc(N([C@@H](C)C(=O)Nc2ccc(F)c(Cl)c2)S(C)(=O)=O)c1. The van der Waals surface area contributed by atoms with Crippen LogP contribution in [-0.2, 0) is 14.8 Å². The van der Waals surface area contributed by atoms with Crippen LogP contribution in [-0.4, -0.2) is 26.6 Å². The van der Waals surface area contributed by atoms with Gasteiger partial charge in [-0.25, -0.2) is 12.8 Å². The molecule has 2 aromatic rings. The van der Waals surface area contributed by atoms with Crippen LogP contribution < -0.4 is 9.62 Å². The van der Waals surface area contributed by atoms with Gasteiger partial charge in [-0.2, -0.15) is 0 Å². The molecule has 0 aromatic heterocycles. The summed E-state index contributed by atoms with van der Waals surface area (Å²) in [6.45, 7) is 5.18. The first-order chi connectivity index (χ1) is 12.0. The second-order valence-electron chi connectivity index (χ2n) is 6.20. The Morgan fingerprint density at radius 1 is 1.15 bits per heavy atom. The summed E-state index contributed by atoms with van der Waals surface area (Å²) in [5.74, 6) is -1.16. The number of amides is 1. The maximum absolute atomic E-state index is 13.2. The molecule has 8 heteroatoms. The van der Waals surface area contributed by atoms with E-state index in [4.69, 9.17) is 11.6 Å². The molecule has 0 saturated carbocycles. The summed E-state index contributed by atoms with van der Waals surface area (Å²) in [6.07, 6.45) is 1.04. The molecule has 0 aliphatic rings. The second-order valence-corrected chi connectivity index (χ2v) is 8.47. The molecule has 140 valence electrons. The number of halogens is 2. The molecule has 1 atom stereocenters. The molecule has 1 N–H and O–H groups in total. The van der Waals surface area contributed by atoms with E-state index < -0.39 is 27.8 Å². The number of carbonyl (C=O) groups excluding carboxylic acids is 1. The Morgan fingerprint density at radius 3 is 2.23 bits per heavy atom. The largest absolute Gasteiger partial charge is 0.324 e. The van der Waals surface area contributed by atoms with Gasteiger partial charge in [0.1, 0.15) is 11.9 Å². The predicted octanol–water partition coefficient (Wildman–Crippen LogP) is 3.89. The lowest BCUT2D eigenvalue weighted by Gasteiger charge is -2.28. The molecule has 5 nitrogen and oxygen atoms in total. The van der Waals surface area contributed by atoms with E-state index in [0.29, 0.717) is 5.69 Å². The maximum Gasteiger partial charge on any atom is 0.247 e. The van der Waals surface area contributed by atoms with Crippen LogP contribution in [0.3, 0.4) is 0 Å². The third-order valence-corrected chi connectivity index (χ3v) is 5.27. The molecule has 26 heavy (non-hydrogen) atoms. The number of anilines is 2. The molecule has 0 fully saturated rings. The molecule has 0 aliphatic heterocycles. The van der Waals surface area contributed by atoms with Crippen LogP contribution in [0.5, 0.6) is 0 Å². The smallest absolute Gasteiger partial charge is 0.247 e. The minimum atomic E-state index is -3.72. The normalized spacial score (nSPS) is 12.5. The Bertz CT molecular complexity index is 927. The standard InChI is InChI=1S/C18H20ClFN2O3S/c1-11-7-12(2)9-15(8-11)22(26(4,24)25)13(3)18(23)21-14-5-6-17(20)16(19)10-14/h5-10,13H,1-4H3,(H,21,23)/t13-/m0/s1. The summed E-state index contributed by atoms with van der Waals surface area (Å²) in [5.41, 5.74) is 2.45. The highest BCUT2D eigenvalue weighted by Gasteiger charge is 2.29. The first-order valence-corrected chi connectivity index (χ1v) is 10.1. The van der Waals surface area contributed by atoms with E-state index >= 15 is 0 Å². The van der Waals surface area contributed by atoms with Crippen molar-refractivity contribution in [3.8, 4) is 0 Å². The molecule has 0 unspecified atom stereocenters. The van der Waals surface area contributed by atoms with Crippen LogP contribution in [0.15, 0.2) is 36.4 Å². The van der Waals surface area contributed by atoms with Gasteiger partial charge in [0.05, 0.1) is 17.0 Å². The van der Waals surface area contributed by atoms with Gasteiger partial charge in [0.2, 0.25) is 15.9 Å². The number of hydrogen-bond acceptors (Lipinski definition) is 3. The van der Waals surface area contributed by atoms with Gasteiger partial charge in [0.25, 0.3) is 0 Å². The van der Waals surface area contributed by atoms with Gasteiger partial charge in [-0.1, -0.05) is 17.7 Å². The minimum Gasteiger partial charge on any atom is -0.324 e. The highest BCUT2D eigenvalue weighted by Crippen LogP contribution is 2.25. The minimum absolute atomic E-state index is 0.135. The molecule has 2 rings (SSSR count).